The molecule has 0 unspecified atom stereocenters. The molecule has 2 aromatic rings. The van der Waals surface area contributed by atoms with Crippen molar-refractivity contribution in [2.75, 3.05) is 19.8 Å². The van der Waals surface area contributed by atoms with E-state index in [1.54, 1.807) is 0 Å². The normalized spacial score (nSPS) is 15.3. The molecular formula is C19H21NO3. The Morgan fingerprint density at radius 1 is 1.00 bits per heavy atom. The van der Waals surface area contributed by atoms with Crippen LogP contribution in [0.1, 0.15) is 23.2 Å². The SMILES string of the molecule is O=C(NCCC1OCCCO1)c1cccc(-c2ccccc2)c1. The van der Waals surface area contributed by atoms with Crippen molar-refractivity contribution in [1.82, 2.24) is 5.32 Å². The number of ether oxygens (including phenoxy) is 2. The van der Waals surface area contributed by atoms with Gasteiger partial charge in [0.2, 0.25) is 0 Å². The van der Waals surface area contributed by atoms with Gasteiger partial charge in [0, 0.05) is 18.5 Å². The molecule has 120 valence electrons. The molecule has 0 aromatic heterocycles. The van der Waals surface area contributed by atoms with E-state index in [2.05, 4.69) is 5.32 Å². The van der Waals surface area contributed by atoms with Crippen LogP contribution in [0.2, 0.25) is 0 Å². The van der Waals surface area contributed by atoms with Gasteiger partial charge in [0.15, 0.2) is 6.29 Å². The Morgan fingerprint density at radius 3 is 2.52 bits per heavy atom. The second-order valence-corrected chi connectivity index (χ2v) is 5.52. The monoisotopic (exact) mass is 311 g/mol. The van der Waals surface area contributed by atoms with Crippen LogP contribution in [0.4, 0.5) is 0 Å². The topological polar surface area (TPSA) is 47.6 Å². The summed E-state index contributed by atoms with van der Waals surface area (Å²) in [5.74, 6) is -0.0707. The minimum Gasteiger partial charge on any atom is -0.353 e. The van der Waals surface area contributed by atoms with Crippen LogP contribution in [0.15, 0.2) is 54.6 Å². The van der Waals surface area contributed by atoms with Gasteiger partial charge >= 0.3 is 0 Å². The molecule has 0 bridgehead atoms. The number of carbonyl (C=O) groups is 1. The molecular weight excluding hydrogens is 290 g/mol. The Labute approximate surface area is 136 Å². The van der Waals surface area contributed by atoms with Crippen LogP contribution in [-0.4, -0.2) is 32.0 Å². The minimum absolute atomic E-state index is 0.0707. The standard InChI is InChI=1S/C19H21NO3/c21-19(20-11-10-18-22-12-5-13-23-18)17-9-4-8-16(14-17)15-6-2-1-3-7-15/h1-4,6-9,14,18H,5,10-13H2,(H,20,21). The van der Waals surface area contributed by atoms with E-state index < -0.39 is 0 Å². The highest BCUT2D eigenvalue weighted by Gasteiger charge is 2.14. The predicted molar refractivity (Wildman–Crippen MR) is 89.1 cm³/mol. The lowest BCUT2D eigenvalue weighted by Gasteiger charge is -2.23. The molecule has 0 spiro atoms. The van der Waals surface area contributed by atoms with E-state index in [0.717, 1.165) is 30.8 Å². The molecule has 23 heavy (non-hydrogen) atoms. The maximum absolute atomic E-state index is 12.3. The first-order valence-corrected chi connectivity index (χ1v) is 8.00. The van der Waals surface area contributed by atoms with Crippen LogP contribution in [0.25, 0.3) is 11.1 Å². The van der Waals surface area contributed by atoms with Crippen molar-refractivity contribution in [2.24, 2.45) is 0 Å². The molecule has 0 radical (unpaired) electrons. The molecule has 1 amide bonds. The van der Waals surface area contributed by atoms with E-state index in [-0.39, 0.29) is 12.2 Å². The Balaban J connectivity index is 1.57. The van der Waals surface area contributed by atoms with E-state index in [0.29, 0.717) is 18.5 Å². The number of hydrogen-bond acceptors (Lipinski definition) is 3. The first-order chi connectivity index (χ1) is 11.3. The fraction of sp³-hybridized carbons (Fsp3) is 0.316. The lowest BCUT2D eigenvalue weighted by Crippen LogP contribution is -2.31. The third-order valence-electron chi connectivity index (χ3n) is 3.79. The lowest BCUT2D eigenvalue weighted by atomic mass is 10.0. The first-order valence-electron chi connectivity index (χ1n) is 8.00. The van der Waals surface area contributed by atoms with E-state index in [9.17, 15) is 4.79 Å². The van der Waals surface area contributed by atoms with Crippen molar-refractivity contribution in [3.8, 4) is 11.1 Å². The third kappa shape index (κ3) is 4.41. The summed E-state index contributed by atoms with van der Waals surface area (Å²) in [5.41, 5.74) is 2.81. The fourth-order valence-electron chi connectivity index (χ4n) is 2.58. The molecule has 1 aliphatic heterocycles. The quantitative estimate of drug-likeness (QED) is 0.922. The summed E-state index contributed by atoms with van der Waals surface area (Å²) in [7, 11) is 0. The predicted octanol–water partition coefficient (Wildman–Crippen LogP) is 3.24. The summed E-state index contributed by atoms with van der Waals surface area (Å²) >= 11 is 0. The average Bonchev–Trinajstić information content (AvgIpc) is 2.63. The number of amides is 1. The van der Waals surface area contributed by atoms with E-state index in [4.69, 9.17) is 9.47 Å². The number of carbonyl (C=O) groups excluding carboxylic acids is 1. The van der Waals surface area contributed by atoms with Gasteiger partial charge in [-0.05, 0) is 29.7 Å². The highest BCUT2D eigenvalue weighted by molar-refractivity contribution is 5.95. The van der Waals surface area contributed by atoms with Crippen molar-refractivity contribution in [3.63, 3.8) is 0 Å². The van der Waals surface area contributed by atoms with Gasteiger partial charge in [-0.2, -0.15) is 0 Å². The van der Waals surface area contributed by atoms with Crippen LogP contribution in [0, 0.1) is 0 Å². The molecule has 2 aromatic carbocycles. The molecule has 0 saturated carbocycles. The maximum atomic E-state index is 12.3. The van der Waals surface area contributed by atoms with Crippen LogP contribution in [0.3, 0.4) is 0 Å². The number of hydrogen-bond donors (Lipinski definition) is 1. The molecule has 1 aliphatic rings. The summed E-state index contributed by atoms with van der Waals surface area (Å²) < 4.78 is 10.9. The van der Waals surface area contributed by atoms with Gasteiger partial charge in [0.05, 0.1) is 13.2 Å². The molecule has 3 rings (SSSR count). The van der Waals surface area contributed by atoms with Crippen LogP contribution < -0.4 is 5.32 Å². The highest BCUT2D eigenvalue weighted by atomic mass is 16.7. The summed E-state index contributed by atoms with van der Waals surface area (Å²) in [4.78, 5) is 12.3. The number of rotatable bonds is 5. The highest BCUT2D eigenvalue weighted by Crippen LogP contribution is 2.20. The van der Waals surface area contributed by atoms with E-state index in [1.807, 2.05) is 54.6 Å². The Kier molecular flexibility index (Phi) is 5.40. The van der Waals surface area contributed by atoms with Gasteiger partial charge in [0.25, 0.3) is 5.91 Å². The zero-order valence-corrected chi connectivity index (χ0v) is 13.0. The van der Waals surface area contributed by atoms with Crippen molar-refractivity contribution in [3.05, 3.63) is 60.2 Å². The average molecular weight is 311 g/mol. The summed E-state index contributed by atoms with van der Waals surface area (Å²) in [5, 5.41) is 2.93. The first kappa shape index (κ1) is 15.7. The Hall–Kier alpha value is -2.17. The largest absolute Gasteiger partial charge is 0.353 e. The molecule has 1 heterocycles. The smallest absolute Gasteiger partial charge is 0.251 e. The van der Waals surface area contributed by atoms with E-state index >= 15 is 0 Å². The molecule has 1 N–H and O–H groups in total. The molecule has 1 fully saturated rings. The van der Waals surface area contributed by atoms with Gasteiger partial charge in [0.1, 0.15) is 0 Å². The van der Waals surface area contributed by atoms with Crippen molar-refractivity contribution >= 4 is 5.91 Å². The fourth-order valence-corrected chi connectivity index (χ4v) is 2.58. The van der Waals surface area contributed by atoms with Crippen molar-refractivity contribution in [1.29, 1.82) is 0 Å². The maximum Gasteiger partial charge on any atom is 0.251 e. The lowest BCUT2D eigenvalue weighted by molar-refractivity contribution is -0.180. The van der Waals surface area contributed by atoms with Crippen LogP contribution in [0.5, 0.6) is 0 Å². The second kappa shape index (κ2) is 7.90. The third-order valence-corrected chi connectivity index (χ3v) is 3.79. The zero-order valence-electron chi connectivity index (χ0n) is 13.0. The number of benzene rings is 2. The minimum atomic E-state index is -0.195. The summed E-state index contributed by atoms with van der Waals surface area (Å²) in [6.07, 6.45) is 1.42. The summed E-state index contributed by atoms with van der Waals surface area (Å²) in [6, 6.07) is 17.7. The van der Waals surface area contributed by atoms with Gasteiger partial charge in [-0.15, -0.1) is 0 Å². The van der Waals surface area contributed by atoms with Gasteiger partial charge < -0.3 is 14.8 Å². The van der Waals surface area contributed by atoms with Gasteiger partial charge in [-0.1, -0.05) is 42.5 Å². The second-order valence-electron chi connectivity index (χ2n) is 5.52. The molecule has 0 atom stereocenters. The van der Waals surface area contributed by atoms with Crippen molar-refractivity contribution < 1.29 is 14.3 Å². The summed E-state index contributed by atoms with van der Waals surface area (Å²) in [6.45, 7) is 2.01. The molecule has 4 heteroatoms. The van der Waals surface area contributed by atoms with Crippen LogP contribution in [-0.2, 0) is 9.47 Å². The van der Waals surface area contributed by atoms with Gasteiger partial charge in [-0.3, -0.25) is 4.79 Å². The van der Waals surface area contributed by atoms with E-state index in [1.165, 1.54) is 0 Å². The Bertz CT molecular complexity index is 636. The van der Waals surface area contributed by atoms with Crippen LogP contribution >= 0.6 is 0 Å². The molecule has 4 nitrogen and oxygen atoms in total. The van der Waals surface area contributed by atoms with Crippen molar-refractivity contribution in [2.45, 2.75) is 19.1 Å². The van der Waals surface area contributed by atoms with Gasteiger partial charge in [-0.25, -0.2) is 0 Å². The Morgan fingerprint density at radius 2 is 1.74 bits per heavy atom. The molecule has 1 saturated heterocycles. The molecule has 0 aliphatic carbocycles. The number of nitrogens with one attached hydrogen (secondary N) is 1. The zero-order chi connectivity index (χ0) is 15.9.